The van der Waals surface area contributed by atoms with Crippen molar-refractivity contribution in [2.24, 2.45) is 5.92 Å². The van der Waals surface area contributed by atoms with Crippen molar-refractivity contribution in [2.45, 2.75) is 55.6 Å². The summed E-state index contributed by atoms with van der Waals surface area (Å²) >= 11 is 0. The van der Waals surface area contributed by atoms with Gasteiger partial charge >= 0.3 is 0 Å². The molecule has 0 unspecified atom stereocenters. The third-order valence-electron chi connectivity index (χ3n) is 4.35. The molecule has 1 saturated carbocycles. The van der Waals surface area contributed by atoms with Crippen molar-refractivity contribution in [1.82, 2.24) is 0 Å². The number of aliphatic hydroxyl groups excluding tert-OH is 8. The maximum absolute atomic E-state index is 10.9. The second kappa shape index (κ2) is 9.57. The topological polar surface area (TPSA) is 228 Å². The maximum atomic E-state index is 10.9. The van der Waals surface area contributed by atoms with Crippen LogP contribution in [-0.4, -0.2) is 110 Å². The third kappa shape index (κ3) is 5.97. The highest BCUT2D eigenvalue weighted by atomic mass is 32.3. The van der Waals surface area contributed by atoms with Gasteiger partial charge < -0.3 is 45.4 Å². The van der Waals surface area contributed by atoms with Crippen LogP contribution in [0.25, 0.3) is 0 Å². The lowest BCUT2D eigenvalue weighted by Crippen LogP contribution is -2.52. The van der Waals surface area contributed by atoms with Crippen molar-refractivity contribution in [2.75, 3.05) is 13.2 Å². The van der Waals surface area contributed by atoms with Crippen LogP contribution in [0.4, 0.5) is 0 Å². The van der Waals surface area contributed by atoms with Gasteiger partial charge in [0.15, 0.2) is 5.92 Å². The minimum atomic E-state index is -5.44. The van der Waals surface area contributed by atoms with E-state index in [0.717, 1.165) is 0 Å². The summed E-state index contributed by atoms with van der Waals surface area (Å²) in [4.78, 5) is 0. The van der Waals surface area contributed by atoms with Gasteiger partial charge in [0.25, 0.3) is 0 Å². The second-order valence-electron chi connectivity index (χ2n) is 6.18. The number of hydrogen-bond donors (Lipinski definition) is 8. The van der Waals surface area contributed by atoms with Crippen LogP contribution in [0.15, 0.2) is 0 Å². The molecular formula is C13H24O12S. The van der Waals surface area contributed by atoms with Crippen molar-refractivity contribution in [3.8, 4) is 0 Å². The second-order valence-corrected chi connectivity index (χ2v) is 7.19. The minimum Gasteiger partial charge on any atom is -0.726 e. The number of aliphatic hydroxyl groups is 8. The van der Waals surface area contributed by atoms with Gasteiger partial charge in [0.1, 0.15) is 61.5 Å². The molecule has 8 N–H and O–H groups in total. The van der Waals surface area contributed by atoms with E-state index >= 15 is 0 Å². The molecule has 0 amide bonds. The zero-order valence-corrected chi connectivity index (χ0v) is 14.4. The monoisotopic (exact) mass is 404 g/mol. The molecule has 12 nitrogen and oxygen atoms in total. The Morgan fingerprint density at radius 3 is 2.12 bits per heavy atom. The summed E-state index contributed by atoms with van der Waals surface area (Å²) in [5.74, 6) is -0.712. The normalized spacial score (nSPS) is 30.0. The molecule has 1 aliphatic carbocycles. The average Bonchev–Trinajstić information content (AvgIpc) is 2.82. The summed E-state index contributed by atoms with van der Waals surface area (Å²) in [7, 11) is -5.44. The van der Waals surface area contributed by atoms with Gasteiger partial charge in [0, 0.05) is 0 Å². The molecule has 0 bridgehead atoms. The smallest absolute Gasteiger partial charge is 0.218 e. The van der Waals surface area contributed by atoms with Gasteiger partial charge in [-0.25, -0.2) is 8.42 Å². The van der Waals surface area contributed by atoms with Gasteiger partial charge in [-0.1, -0.05) is 0 Å². The highest BCUT2D eigenvalue weighted by molar-refractivity contribution is 7.80. The molecule has 0 saturated heterocycles. The van der Waals surface area contributed by atoms with Gasteiger partial charge in [0.05, 0.1) is 13.2 Å². The molecule has 0 spiro atoms. The Morgan fingerprint density at radius 2 is 1.65 bits per heavy atom. The molecule has 0 radical (unpaired) electrons. The fourth-order valence-electron chi connectivity index (χ4n) is 2.92. The molecule has 0 aromatic rings. The summed E-state index contributed by atoms with van der Waals surface area (Å²) in [6.45, 7) is -1.59. The van der Waals surface area contributed by atoms with Gasteiger partial charge in [-0.05, 0) is 0 Å². The quantitative estimate of drug-likeness (QED) is 0.0971. The SMILES string of the molecule is O=S(=O)([O-])O[C@@H]([C@H](O)[C@H](O)[C@@H](O)CO)[C@H](O)C[C+]1C[C@@H](O)[C@H](O)[C@H]1CO. The van der Waals surface area contributed by atoms with Crippen LogP contribution < -0.4 is 0 Å². The zero-order chi connectivity index (χ0) is 20.2. The van der Waals surface area contributed by atoms with Crippen molar-refractivity contribution in [1.29, 1.82) is 0 Å². The van der Waals surface area contributed by atoms with Gasteiger partial charge in [-0.15, -0.1) is 0 Å². The molecule has 8 atom stereocenters. The first kappa shape index (κ1) is 23.5. The Hall–Kier alpha value is -0.580. The van der Waals surface area contributed by atoms with E-state index in [2.05, 4.69) is 4.18 Å². The lowest BCUT2D eigenvalue weighted by molar-refractivity contribution is -0.133. The maximum Gasteiger partial charge on any atom is 0.218 e. The van der Waals surface area contributed by atoms with E-state index in [-0.39, 0.29) is 12.3 Å². The van der Waals surface area contributed by atoms with E-state index in [1.165, 1.54) is 0 Å². The van der Waals surface area contributed by atoms with Crippen molar-refractivity contribution < 1.29 is 58.0 Å². The van der Waals surface area contributed by atoms with Crippen LogP contribution in [0.1, 0.15) is 12.8 Å². The van der Waals surface area contributed by atoms with E-state index < -0.39 is 78.7 Å². The fourth-order valence-corrected chi connectivity index (χ4v) is 3.44. The molecular weight excluding hydrogens is 380 g/mol. The first-order chi connectivity index (χ1) is 11.9. The summed E-state index contributed by atoms with van der Waals surface area (Å²) in [6.07, 6.45) is -13.7. The largest absolute Gasteiger partial charge is 0.726 e. The van der Waals surface area contributed by atoms with Crippen LogP contribution in [0.2, 0.25) is 0 Å². The first-order valence-corrected chi connectivity index (χ1v) is 9.05. The lowest BCUT2D eigenvalue weighted by atomic mass is 9.87. The zero-order valence-electron chi connectivity index (χ0n) is 13.6. The van der Waals surface area contributed by atoms with Crippen molar-refractivity contribution in [3.05, 3.63) is 5.92 Å². The van der Waals surface area contributed by atoms with Gasteiger partial charge in [0.2, 0.25) is 10.4 Å². The Morgan fingerprint density at radius 1 is 1.08 bits per heavy atom. The Balaban J connectivity index is 2.95. The fraction of sp³-hybridized carbons (Fsp3) is 0.923. The molecule has 0 aromatic carbocycles. The van der Waals surface area contributed by atoms with Crippen LogP contribution in [0.5, 0.6) is 0 Å². The van der Waals surface area contributed by atoms with Crippen molar-refractivity contribution >= 4 is 10.4 Å². The van der Waals surface area contributed by atoms with E-state index in [9.17, 15) is 48.7 Å². The molecule has 26 heavy (non-hydrogen) atoms. The predicted octanol–water partition coefficient (Wildman–Crippen LogP) is -5.03. The molecule has 154 valence electrons. The third-order valence-corrected chi connectivity index (χ3v) is 4.80. The number of hydrogen-bond acceptors (Lipinski definition) is 12. The predicted molar refractivity (Wildman–Crippen MR) is 80.7 cm³/mol. The Kier molecular flexibility index (Phi) is 8.63. The van der Waals surface area contributed by atoms with Gasteiger partial charge in [-0.2, -0.15) is 0 Å². The average molecular weight is 404 g/mol. The van der Waals surface area contributed by atoms with E-state index in [4.69, 9.17) is 5.11 Å². The molecule has 0 heterocycles. The van der Waals surface area contributed by atoms with E-state index in [1.807, 2.05) is 0 Å². The summed E-state index contributed by atoms with van der Waals surface area (Å²) in [6, 6.07) is 0. The molecule has 1 fully saturated rings. The molecule has 0 aromatic heterocycles. The first-order valence-electron chi connectivity index (χ1n) is 7.71. The standard InChI is InChI=1S/C13H24O12S/c14-3-6-5(1-7(16)10(6)19)2-8(17)13(25-26(22,23)24)12(21)11(20)9(18)4-15/h6-21H,1-4H2/t6-,7+,8+,9-,10+,11+,12+,13+/m0/s1. The Labute approximate surface area is 149 Å². The molecule has 13 heteroatoms. The van der Waals surface area contributed by atoms with Gasteiger partial charge in [-0.3, -0.25) is 4.18 Å². The summed E-state index contributed by atoms with van der Waals surface area (Å²) in [5, 5.41) is 76.5. The summed E-state index contributed by atoms with van der Waals surface area (Å²) in [5.41, 5.74) is 0. The highest BCUT2D eigenvalue weighted by Gasteiger charge is 2.52. The highest BCUT2D eigenvalue weighted by Crippen LogP contribution is 2.38. The van der Waals surface area contributed by atoms with E-state index in [1.54, 1.807) is 0 Å². The van der Waals surface area contributed by atoms with Crippen molar-refractivity contribution in [3.63, 3.8) is 0 Å². The van der Waals surface area contributed by atoms with E-state index in [0.29, 0.717) is 0 Å². The van der Waals surface area contributed by atoms with Crippen LogP contribution in [0, 0.1) is 11.8 Å². The minimum absolute atomic E-state index is 0.141. The van der Waals surface area contributed by atoms with Crippen LogP contribution in [-0.2, 0) is 14.6 Å². The molecule has 1 aliphatic rings. The van der Waals surface area contributed by atoms with Crippen LogP contribution >= 0.6 is 0 Å². The molecule has 1 rings (SSSR count). The number of rotatable bonds is 10. The summed E-state index contributed by atoms with van der Waals surface area (Å²) < 4.78 is 36.6. The van der Waals surface area contributed by atoms with Crippen LogP contribution in [0.3, 0.4) is 0 Å². The Bertz CT molecular complexity index is 527. The lowest BCUT2D eigenvalue weighted by Gasteiger charge is -2.31. The molecule has 0 aliphatic heterocycles.